The Hall–Kier alpha value is -4.13. The first-order chi connectivity index (χ1) is 19.1. The molecule has 4 N–H and O–H groups in total. The Morgan fingerprint density at radius 3 is 2.73 bits per heavy atom. The van der Waals surface area contributed by atoms with Gasteiger partial charge in [-0.2, -0.15) is 0 Å². The van der Waals surface area contributed by atoms with Crippen molar-refractivity contribution in [3.8, 4) is 16.9 Å². The number of phenols is 1. The van der Waals surface area contributed by atoms with Crippen LogP contribution in [0.1, 0.15) is 16.8 Å². The van der Waals surface area contributed by atoms with Crippen LogP contribution in [0.5, 0.6) is 5.75 Å². The smallest absolute Gasteiger partial charge is 0.263 e. The van der Waals surface area contributed by atoms with Crippen LogP contribution in [0.2, 0.25) is 10.0 Å². The first kappa shape index (κ1) is 26.1. The number of hydrogen-bond acceptors (Lipinski definition) is 8. The lowest BCUT2D eigenvalue weighted by Crippen LogP contribution is -2.37. The van der Waals surface area contributed by atoms with Gasteiger partial charge >= 0.3 is 0 Å². The van der Waals surface area contributed by atoms with Crippen LogP contribution >= 0.6 is 23.2 Å². The zero-order valence-electron chi connectivity index (χ0n) is 21.1. The van der Waals surface area contributed by atoms with Crippen molar-refractivity contribution in [2.45, 2.75) is 25.1 Å². The van der Waals surface area contributed by atoms with Gasteiger partial charge in [0.1, 0.15) is 23.8 Å². The Kier molecular flexibility index (Phi) is 6.40. The molecule has 2 aliphatic rings. The predicted octanol–water partition coefficient (Wildman–Crippen LogP) is 2.52. The van der Waals surface area contributed by atoms with Crippen molar-refractivity contribution in [1.82, 2.24) is 19.1 Å². The number of ether oxygens (including phenoxy) is 1. The number of carbonyl (C=O) groups excluding carboxylic acids is 2. The van der Waals surface area contributed by atoms with Crippen molar-refractivity contribution in [1.29, 1.82) is 0 Å². The van der Waals surface area contributed by atoms with E-state index in [0.29, 0.717) is 29.2 Å². The average Bonchev–Trinajstić information content (AvgIpc) is 3.64. The summed E-state index contributed by atoms with van der Waals surface area (Å²) in [7, 11) is 1.54. The van der Waals surface area contributed by atoms with Crippen LogP contribution < -0.4 is 21.5 Å². The van der Waals surface area contributed by atoms with Crippen LogP contribution in [0.25, 0.3) is 22.2 Å². The third-order valence-electron chi connectivity index (χ3n) is 7.20. The molecule has 5 heterocycles. The molecular formula is C26H23Cl2N7O5. The standard InChI is InChI=1S/C26H23Cl2N7O5/c1-33-11-31-25-22(26(33)39)16(12-2-15(24(29)38)23(37)17(27)3-12)8-34(25)9-21(36)32-19-5-20(30-6-18(19)28)35-7-14-4-13(35)10-40-14/h2-3,5-6,8,11,13-14,37H,4,7,9-10H2,1H3,(H2,29,38)(H,30,32,36). The molecule has 2 amide bonds. The lowest BCUT2D eigenvalue weighted by molar-refractivity contribution is -0.116. The maximum atomic E-state index is 13.2. The molecule has 2 fully saturated rings. The number of aromatic hydroxyl groups is 1. The number of nitrogens with zero attached hydrogens (tertiary/aromatic N) is 5. The highest BCUT2D eigenvalue weighted by molar-refractivity contribution is 6.34. The van der Waals surface area contributed by atoms with Crippen molar-refractivity contribution in [2.24, 2.45) is 12.8 Å². The van der Waals surface area contributed by atoms with Crippen LogP contribution in [0.4, 0.5) is 11.5 Å². The molecule has 1 aromatic carbocycles. The third-order valence-corrected chi connectivity index (χ3v) is 7.79. The molecule has 14 heteroatoms. The predicted molar refractivity (Wildman–Crippen MR) is 149 cm³/mol. The Labute approximate surface area is 236 Å². The fourth-order valence-corrected chi connectivity index (χ4v) is 5.62. The molecule has 4 aromatic rings. The zero-order chi connectivity index (χ0) is 28.3. The molecular weight excluding hydrogens is 561 g/mol. The van der Waals surface area contributed by atoms with E-state index in [0.717, 1.165) is 13.0 Å². The number of hydrogen-bond donors (Lipinski definition) is 3. The van der Waals surface area contributed by atoms with E-state index in [2.05, 4.69) is 20.2 Å². The van der Waals surface area contributed by atoms with Crippen molar-refractivity contribution in [3.05, 3.63) is 62.9 Å². The molecule has 2 bridgehead atoms. The Morgan fingerprint density at radius 2 is 2.02 bits per heavy atom. The van der Waals surface area contributed by atoms with Gasteiger partial charge in [-0.3, -0.25) is 14.4 Å². The monoisotopic (exact) mass is 583 g/mol. The first-order valence-corrected chi connectivity index (χ1v) is 13.1. The lowest BCUT2D eigenvalue weighted by atomic mass is 10.0. The minimum atomic E-state index is -0.890. The van der Waals surface area contributed by atoms with Crippen LogP contribution in [0.3, 0.4) is 0 Å². The summed E-state index contributed by atoms with van der Waals surface area (Å²) in [6.45, 7) is 1.16. The Bertz CT molecular complexity index is 1770. The highest BCUT2D eigenvalue weighted by Crippen LogP contribution is 2.37. The van der Waals surface area contributed by atoms with Crippen molar-refractivity contribution < 1.29 is 19.4 Å². The number of morpholine rings is 1. The Morgan fingerprint density at radius 1 is 1.23 bits per heavy atom. The molecule has 0 aliphatic carbocycles. The minimum absolute atomic E-state index is 0.119. The van der Waals surface area contributed by atoms with Crippen molar-refractivity contribution in [2.75, 3.05) is 23.4 Å². The van der Waals surface area contributed by atoms with Gasteiger partial charge in [-0.05, 0) is 24.1 Å². The molecule has 206 valence electrons. The molecule has 2 aliphatic heterocycles. The maximum Gasteiger partial charge on any atom is 0.263 e. The van der Waals surface area contributed by atoms with E-state index in [-0.39, 0.29) is 50.9 Å². The van der Waals surface area contributed by atoms with E-state index in [1.54, 1.807) is 19.3 Å². The summed E-state index contributed by atoms with van der Waals surface area (Å²) in [6.07, 6.45) is 5.53. The van der Waals surface area contributed by atoms with E-state index in [9.17, 15) is 19.5 Å². The number of anilines is 2. The van der Waals surface area contributed by atoms with Crippen LogP contribution in [-0.2, 0) is 23.1 Å². The summed E-state index contributed by atoms with van der Waals surface area (Å²) in [5.74, 6) is -1.07. The number of aryl methyl sites for hydroxylation is 1. The number of benzene rings is 1. The largest absolute Gasteiger partial charge is 0.506 e. The number of halogens is 2. The fourth-order valence-electron chi connectivity index (χ4n) is 5.25. The normalized spacial score (nSPS) is 18.0. The number of aromatic nitrogens is 4. The van der Waals surface area contributed by atoms with E-state index in [1.165, 1.54) is 33.8 Å². The van der Waals surface area contributed by atoms with Gasteiger partial charge in [0, 0.05) is 31.4 Å². The van der Waals surface area contributed by atoms with Gasteiger partial charge in [0.2, 0.25) is 5.91 Å². The van der Waals surface area contributed by atoms with E-state index in [1.807, 2.05) is 0 Å². The third kappa shape index (κ3) is 4.43. The number of carbonyl (C=O) groups is 2. The molecule has 2 unspecified atom stereocenters. The van der Waals surface area contributed by atoms with Crippen LogP contribution in [0, 0.1) is 0 Å². The number of rotatable bonds is 6. The van der Waals surface area contributed by atoms with Gasteiger partial charge in [-0.25, -0.2) is 9.97 Å². The van der Waals surface area contributed by atoms with Gasteiger partial charge in [0.05, 0.1) is 58.0 Å². The second-order valence-electron chi connectivity index (χ2n) is 9.82. The highest BCUT2D eigenvalue weighted by Gasteiger charge is 2.39. The molecule has 0 spiro atoms. The second-order valence-corrected chi connectivity index (χ2v) is 10.6. The maximum absolute atomic E-state index is 13.2. The average molecular weight is 584 g/mol. The number of fused-ring (bicyclic) bond motifs is 3. The summed E-state index contributed by atoms with van der Waals surface area (Å²) >= 11 is 12.5. The van der Waals surface area contributed by atoms with E-state index >= 15 is 0 Å². The summed E-state index contributed by atoms with van der Waals surface area (Å²) in [5.41, 5.74) is 6.16. The molecule has 12 nitrogen and oxygen atoms in total. The fraction of sp³-hybridized carbons (Fsp3) is 0.269. The number of amides is 2. The summed E-state index contributed by atoms with van der Waals surface area (Å²) < 4.78 is 8.47. The van der Waals surface area contributed by atoms with Gasteiger partial charge in [0.15, 0.2) is 0 Å². The molecule has 2 atom stereocenters. The number of nitrogens with two attached hydrogens (primary N) is 1. The number of primary amides is 1. The van der Waals surface area contributed by atoms with Gasteiger partial charge in [0.25, 0.3) is 11.5 Å². The van der Waals surface area contributed by atoms with Gasteiger partial charge < -0.3 is 34.9 Å². The Balaban J connectivity index is 1.34. The number of pyridine rings is 1. The molecule has 0 saturated carbocycles. The summed E-state index contributed by atoms with van der Waals surface area (Å²) in [5, 5.41) is 13.4. The van der Waals surface area contributed by atoms with Crippen LogP contribution in [-0.4, -0.2) is 61.3 Å². The molecule has 3 aromatic heterocycles. The van der Waals surface area contributed by atoms with Crippen molar-refractivity contribution >= 4 is 57.6 Å². The van der Waals surface area contributed by atoms with Gasteiger partial charge in [-0.1, -0.05) is 23.2 Å². The van der Waals surface area contributed by atoms with E-state index < -0.39 is 17.6 Å². The van der Waals surface area contributed by atoms with Crippen LogP contribution in [0.15, 0.2) is 41.7 Å². The molecule has 6 rings (SSSR count). The summed E-state index contributed by atoms with van der Waals surface area (Å²) in [4.78, 5) is 49.2. The minimum Gasteiger partial charge on any atom is -0.506 e. The zero-order valence-corrected chi connectivity index (χ0v) is 22.6. The quantitative estimate of drug-likeness (QED) is 0.312. The summed E-state index contributed by atoms with van der Waals surface area (Å²) in [6, 6.07) is 4.72. The highest BCUT2D eigenvalue weighted by atomic mass is 35.5. The van der Waals surface area contributed by atoms with E-state index in [4.69, 9.17) is 33.7 Å². The molecule has 40 heavy (non-hydrogen) atoms. The lowest BCUT2D eigenvalue weighted by Gasteiger charge is -2.28. The van der Waals surface area contributed by atoms with Gasteiger partial charge in [-0.15, -0.1) is 0 Å². The van der Waals surface area contributed by atoms with Crippen molar-refractivity contribution in [3.63, 3.8) is 0 Å². The topological polar surface area (TPSA) is 158 Å². The SMILES string of the molecule is Cn1cnc2c(c(-c3cc(Cl)c(O)c(C(N)=O)c3)cn2CC(=O)Nc2cc(N3CC4CC3CO4)ncc2Cl)c1=O. The first-order valence-electron chi connectivity index (χ1n) is 12.3. The number of nitrogens with one attached hydrogen (secondary N) is 1. The molecule has 0 radical (unpaired) electrons. The molecule has 2 saturated heterocycles. The second kappa shape index (κ2) is 9.81.